The van der Waals surface area contributed by atoms with Gasteiger partial charge in [0.1, 0.15) is 12.1 Å². The van der Waals surface area contributed by atoms with Crippen molar-refractivity contribution in [2.24, 2.45) is 5.92 Å². The van der Waals surface area contributed by atoms with Gasteiger partial charge < -0.3 is 20.1 Å². The molecule has 1 fully saturated rings. The molecule has 2 aromatic carbocycles. The van der Waals surface area contributed by atoms with Gasteiger partial charge in [-0.3, -0.25) is 4.79 Å². The van der Waals surface area contributed by atoms with E-state index in [1.165, 1.54) is 4.90 Å². The minimum atomic E-state index is -1.15. The smallest absolute Gasteiger partial charge is 0.407 e. The highest BCUT2D eigenvalue weighted by atomic mass is 16.5. The normalized spacial score (nSPS) is 16.9. The van der Waals surface area contributed by atoms with Gasteiger partial charge in [-0.15, -0.1) is 0 Å². The van der Waals surface area contributed by atoms with Crippen molar-refractivity contribution in [3.63, 3.8) is 0 Å². The van der Waals surface area contributed by atoms with Gasteiger partial charge in [-0.2, -0.15) is 0 Å². The molecule has 0 aromatic heterocycles. The largest absolute Gasteiger partial charge is 0.479 e. The first-order valence-electron chi connectivity index (χ1n) is 12.4. The van der Waals surface area contributed by atoms with Crippen LogP contribution in [-0.4, -0.2) is 53.2 Å². The highest BCUT2D eigenvalue weighted by Crippen LogP contribution is 2.44. The summed E-state index contributed by atoms with van der Waals surface area (Å²) in [7, 11) is 1.56. The summed E-state index contributed by atoms with van der Waals surface area (Å²) in [5.41, 5.74) is 3.43. The van der Waals surface area contributed by atoms with Crippen LogP contribution in [0.15, 0.2) is 48.5 Å². The molecule has 0 bridgehead atoms. The predicted octanol–water partition coefficient (Wildman–Crippen LogP) is 4.80. The molecule has 0 saturated heterocycles. The summed E-state index contributed by atoms with van der Waals surface area (Å²) in [6.45, 7) is 4.04. The predicted molar refractivity (Wildman–Crippen MR) is 133 cm³/mol. The summed E-state index contributed by atoms with van der Waals surface area (Å²) < 4.78 is 5.65. The standard InChI is InChI=1S/C28H34N2O5/c1-18(2)24(16-25(31)30(3)28(26(32)33)14-8-9-15-28)29-27(34)35-17-23-21-12-6-4-10-19(21)20-11-5-7-13-22(20)23/h4-7,10-13,18,23-24H,8-9,14-17H2,1-3H3,(H,29,34)(H,32,33). The van der Waals surface area contributed by atoms with Crippen LogP contribution in [0, 0.1) is 5.92 Å². The average molecular weight is 479 g/mol. The summed E-state index contributed by atoms with van der Waals surface area (Å²) in [5, 5.41) is 12.7. The van der Waals surface area contributed by atoms with E-state index in [4.69, 9.17) is 4.74 Å². The Morgan fingerprint density at radius 3 is 2.09 bits per heavy atom. The Labute approximate surface area is 206 Å². The number of rotatable bonds is 8. The number of nitrogens with zero attached hydrogens (tertiary/aromatic N) is 1. The van der Waals surface area contributed by atoms with Gasteiger partial charge in [0.2, 0.25) is 5.91 Å². The zero-order valence-corrected chi connectivity index (χ0v) is 20.6. The monoisotopic (exact) mass is 478 g/mol. The van der Waals surface area contributed by atoms with Crippen molar-refractivity contribution in [1.29, 1.82) is 0 Å². The third-order valence-electron chi connectivity index (χ3n) is 7.69. The molecule has 35 heavy (non-hydrogen) atoms. The molecule has 0 aliphatic heterocycles. The molecule has 1 unspecified atom stereocenters. The summed E-state index contributed by atoms with van der Waals surface area (Å²) in [5.74, 6) is -1.32. The number of alkyl carbamates (subject to hydrolysis) is 1. The lowest BCUT2D eigenvalue weighted by Gasteiger charge is -2.36. The molecule has 1 atom stereocenters. The van der Waals surface area contributed by atoms with Gasteiger partial charge in [-0.1, -0.05) is 75.2 Å². The first kappa shape index (κ1) is 24.8. The second-order valence-corrected chi connectivity index (χ2v) is 10.0. The SMILES string of the molecule is CC(C)C(CC(=O)N(C)C1(C(=O)O)CCCC1)NC(=O)OCC1c2ccccc2-c2ccccc21. The van der Waals surface area contributed by atoms with Crippen LogP contribution in [0.2, 0.25) is 0 Å². The maximum absolute atomic E-state index is 13.0. The van der Waals surface area contributed by atoms with E-state index >= 15 is 0 Å². The fourth-order valence-corrected chi connectivity index (χ4v) is 5.46. The second-order valence-electron chi connectivity index (χ2n) is 10.0. The van der Waals surface area contributed by atoms with Crippen molar-refractivity contribution in [2.75, 3.05) is 13.7 Å². The zero-order valence-electron chi connectivity index (χ0n) is 20.6. The molecule has 4 rings (SSSR count). The van der Waals surface area contributed by atoms with Crippen LogP contribution < -0.4 is 5.32 Å². The molecule has 0 heterocycles. The molecule has 186 valence electrons. The quantitative estimate of drug-likeness (QED) is 0.568. The molecule has 2 aliphatic rings. The highest BCUT2D eigenvalue weighted by molar-refractivity contribution is 5.87. The Kier molecular flexibility index (Phi) is 7.15. The van der Waals surface area contributed by atoms with E-state index in [0.29, 0.717) is 12.8 Å². The van der Waals surface area contributed by atoms with Gasteiger partial charge in [-0.25, -0.2) is 9.59 Å². The maximum Gasteiger partial charge on any atom is 0.407 e. The molecule has 2 aliphatic carbocycles. The van der Waals surface area contributed by atoms with Gasteiger partial charge in [0, 0.05) is 25.4 Å². The van der Waals surface area contributed by atoms with E-state index in [0.717, 1.165) is 35.1 Å². The van der Waals surface area contributed by atoms with Crippen molar-refractivity contribution in [2.45, 2.75) is 63.5 Å². The number of benzene rings is 2. The number of hydrogen-bond acceptors (Lipinski definition) is 4. The fraction of sp³-hybridized carbons (Fsp3) is 0.464. The van der Waals surface area contributed by atoms with Crippen LogP contribution in [0.3, 0.4) is 0 Å². The minimum Gasteiger partial charge on any atom is -0.479 e. The average Bonchev–Trinajstić information content (AvgIpc) is 3.46. The topological polar surface area (TPSA) is 95.9 Å². The molecule has 1 saturated carbocycles. The lowest BCUT2D eigenvalue weighted by atomic mass is 9.93. The molecular formula is C28H34N2O5. The summed E-state index contributed by atoms with van der Waals surface area (Å²) in [6, 6.07) is 15.8. The number of carboxylic acid groups (broad SMARTS) is 1. The number of ether oxygens (including phenoxy) is 1. The van der Waals surface area contributed by atoms with Crippen LogP contribution in [0.1, 0.15) is 63.0 Å². The molecule has 2 amide bonds. The molecule has 7 heteroatoms. The van der Waals surface area contributed by atoms with Crippen LogP contribution in [-0.2, 0) is 14.3 Å². The summed E-state index contributed by atoms with van der Waals surface area (Å²) in [6.07, 6.45) is 1.93. The Balaban J connectivity index is 1.39. The third-order valence-corrected chi connectivity index (χ3v) is 7.69. The van der Waals surface area contributed by atoms with E-state index in [1.54, 1.807) is 7.05 Å². The number of fused-ring (bicyclic) bond motifs is 3. The highest BCUT2D eigenvalue weighted by Gasteiger charge is 2.47. The first-order valence-corrected chi connectivity index (χ1v) is 12.4. The van der Waals surface area contributed by atoms with Gasteiger partial charge >= 0.3 is 12.1 Å². The molecule has 0 radical (unpaired) electrons. The van der Waals surface area contributed by atoms with Crippen LogP contribution in [0.5, 0.6) is 0 Å². The minimum absolute atomic E-state index is 0.0212. The number of carbonyl (C=O) groups is 3. The number of nitrogens with one attached hydrogen (secondary N) is 1. The van der Waals surface area contributed by atoms with E-state index in [9.17, 15) is 19.5 Å². The summed E-state index contributed by atoms with van der Waals surface area (Å²) >= 11 is 0. The Morgan fingerprint density at radius 2 is 1.57 bits per heavy atom. The molecule has 2 aromatic rings. The van der Waals surface area contributed by atoms with Crippen LogP contribution >= 0.6 is 0 Å². The third kappa shape index (κ3) is 4.77. The Hall–Kier alpha value is -3.35. The van der Waals surface area contributed by atoms with Gasteiger partial charge in [0.25, 0.3) is 0 Å². The number of carbonyl (C=O) groups excluding carboxylic acids is 2. The molecule has 7 nitrogen and oxygen atoms in total. The Morgan fingerprint density at radius 1 is 1.03 bits per heavy atom. The first-order chi connectivity index (χ1) is 16.7. The number of hydrogen-bond donors (Lipinski definition) is 2. The van der Waals surface area contributed by atoms with Crippen LogP contribution in [0.25, 0.3) is 11.1 Å². The van der Waals surface area contributed by atoms with E-state index in [2.05, 4.69) is 29.6 Å². The van der Waals surface area contributed by atoms with Gasteiger partial charge in [0.05, 0.1) is 0 Å². The van der Waals surface area contributed by atoms with E-state index in [1.807, 2.05) is 38.1 Å². The molecule has 0 spiro atoms. The second kappa shape index (κ2) is 10.1. The van der Waals surface area contributed by atoms with E-state index in [-0.39, 0.29) is 30.8 Å². The maximum atomic E-state index is 13.0. The van der Waals surface area contributed by atoms with Gasteiger partial charge in [0.15, 0.2) is 0 Å². The number of amides is 2. The van der Waals surface area contributed by atoms with Crippen molar-refractivity contribution in [3.8, 4) is 11.1 Å². The fourth-order valence-electron chi connectivity index (χ4n) is 5.46. The lowest BCUT2D eigenvalue weighted by Crippen LogP contribution is -2.55. The lowest BCUT2D eigenvalue weighted by molar-refractivity contribution is -0.157. The molecular weight excluding hydrogens is 444 g/mol. The van der Waals surface area contributed by atoms with E-state index < -0.39 is 23.6 Å². The van der Waals surface area contributed by atoms with Crippen LogP contribution in [0.4, 0.5) is 4.79 Å². The number of aliphatic carboxylic acids is 1. The Bertz CT molecular complexity index is 1060. The zero-order chi connectivity index (χ0) is 25.2. The number of carboxylic acids is 1. The van der Waals surface area contributed by atoms with Crippen molar-refractivity contribution >= 4 is 18.0 Å². The van der Waals surface area contributed by atoms with Crippen molar-refractivity contribution in [1.82, 2.24) is 10.2 Å². The number of likely N-dealkylation sites (N-methyl/N-ethyl adjacent to an activating group) is 1. The van der Waals surface area contributed by atoms with Gasteiger partial charge in [-0.05, 0) is 41.0 Å². The van der Waals surface area contributed by atoms with Crippen molar-refractivity contribution < 1.29 is 24.2 Å². The molecule has 2 N–H and O–H groups in total. The summed E-state index contributed by atoms with van der Waals surface area (Å²) in [4.78, 5) is 39.2. The van der Waals surface area contributed by atoms with Crippen molar-refractivity contribution in [3.05, 3.63) is 59.7 Å².